The van der Waals surface area contributed by atoms with Gasteiger partial charge in [0.25, 0.3) is 15.9 Å². The average Bonchev–Trinajstić information content (AvgIpc) is 3.27. The van der Waals surface area contributed by atoms with Crippen molar-refractivity contribution in [3.8, 4) is 0 Å². The van der Waals surface area contributed by atoms with Crippen LogP contribution in [-0.4, -0.2) is 33.7 Å². The Morgan fingerprint density at radius 1 is 1.07 bits per heavy atom. The molecule has 0 aliphatic rings. The second-order valence-electron chi connectivity index (χ2n) is 6.22. The average molecular weight is 431 g/mol. The number of rotatable bonds is 9. The standard InChI is InChI=1S/C21H22N2O4S2/c1-23(18-8-3-2-4-9-18)29(25,26)20-11-5-7-17(15-20)21(24)22-12-14-28-16-19-10-6-13-27-19/h2-11,13,15H,12,14,16H2,1H3,(H,22,24). The first-order chi connectivity index (χ1) is 14.0. The molecule has 3 rings (SSSR count). The summed E-state index contributed by atoms with van der Waals surface area (Å²) in [4.78, 5) is 12.5. The molecule has 0 aliphatic carbocycles. The molecule has 1 N–H and O–H groups in total. The number of nitrogens with zero attached hydrogens (tertiary/aromatic N) is 1. The van der Waals surface area contributed by atoms with Crippen LogP contribution in [0.2, 0.25) is 0 Å². The van der Waals surface area contributed by atoms with Crippen LogP contribution in [-0.2, 0) is 15.8 Å². The maximum Gasteiger partial charge on any atom is 0.264 e. The van der Waals surface area contributed by atoms with E-state index in [0.717, 1.165) is 17.3 Å². The largest absolute Gasteiger partial charge is 0.468 e. The van der Waals surface area contributed by atoms with Gasteiger partial charge in [-0.15, -0.1) is 0 Å². The quantitative estimate of drug-likeness (QED) is 0.523. The Kier molecular flexibility index (Phi) is 7.00. The van der Waals surface area contributed by atoms with E-state index < -0.39 is 10.0 Å². The molecule has 0 fully saturated rings. The highest BCUT2D eigenvalue weighted by atomic mass is 32.2. The van der Waals surface area contributed by atoms with Gasteiger partial charge in [0.1, 0.15) is 5.76 Å². The van der Waals surface area contributed by atoms with Gasteiger partial charge in [-0.25, -0.2) is 8.42 Å². The van der Waals surface area contributed by atoms with Gasteiger partial charge in [0.2, 0.25) is 0 Å². The predicted octanol–water partition coefficient (Wildman–Crippen LogP) is 3.77. The van der Waals surface area contributed by atoms with Crippen molar-refractivity contribution in [3.63, 3.8) is 0 Å². The zero-order valence-electron chi connectivity index (χ0n) is 15.9. The third-order valence-electron chi connectivity index (χ3n) is 4.23. The van der Waals surface area contributed by atoms with Gasteiger partial charge in [0, 0.05) is 24.9 Å². The SMILES string of the molecule is CN(c1ccccc1)S(=O)(=O)c1cccc(C(=O)NCCSCc2ccco2)c1. The summed E-state index contributed by atoms with van der Waals surface area (Å²) in [5, 5.41) is 2.82. The fourth-order valence-corrected chi connectivity index (χ4v) is 4.64. The number of sulfonamides is 1. The molecule has 0 bridgehead atoms. The van der Waals surface area contributed by atoms with Crippen LogP contribution in [0, 0.1) is 0 Å². The first kappa shape index (κ1) is 21.0. The van der Waals surface area contributed by atoms with Crippen LogP contribution in [0.1, 0.15) is 16.1 Å². The van der Waals surface area contributed by atoms with E-state index in [9.17, 15) is 13.2 Å². The van der Waals surface area contributed by atoms with Crippen molar-refractivity contribution in [1.29, 1.82) is 0 Å². The normalized spacial score (nSPS) is 11.2. The number of carbonyl (C=O) groups is 1. The Morgan fingerprint density at radius 3 is 2.59 bits per heavy atom. The molecular formula is C21H22N2O4S2. The number of amides is 1. The lowest BCUT2D eigenvalue weighted by Crippen LogP contribution is -2.28. The minimum absolute atomic E-state index is 0.0729. The molecule has 3 aromatic rings. The van der Waals surface area contributed by atoms with Crippen LogP contribution in [0.5, 0.6) is 0 Å². The molecular weight excluding hydrogens is 408 g/mol. The van der Waals surface area contributed by atoms with Crippen molar-refractivity contribution in [1.82, 2.24) is 5.32 Å². The van der Waals surface area contributed by atoms with Crippen molar-refractivity contribution >= 4 is 33.4 Å². The summed E-state index contributed by atoms with van der Waals surface area (Å²) in [6.07, 6.45) is 1.63. The van der Waals surface area contributed by atoms with Crippen molar-refractivity contribution in [3.05, 3.63) is 84.3 Å². The van der Waals surface area contributed by atoms with Gasteiger partial charge in [-0.3, -0.25) is 9.10 Å². The summed E-state index contributed by atoms with van der Waals surface area (Å²) >= 11 is 1.65. The van der Waals surface area contributed by atoms with E-state index in [1.165, 1.54) is 23.5 Å². The highest BCUT2D eigenvalue weighted by molar-refractivity contribution is 7.98. The molecule has 0 atom stereocenters. The first-order valence-electron chi connectivity index (χ1n) is 9.01. The smallest absolute Gasteiger partial charge is 0.264 e. The van der Waals surface area contributed by atoms with Crippen molar-refractivity contribution in [2.24, 2.45) is 0 Å². The number of anilines is 1. The summed E-state index contributed by atoms with van der Waals surface area (Å²) in [7, 11) is -2.27. The lowest BCUT2D eigenvalue weighted by atomic mass is 10.2. The number of hydrogen-bond donors (Lipinski definition) is 1. The summed E-state index contributed by atoms with van der Waals surface area (Å²) in [6, 6.07) is 18.6. The van der Waals surface area contributed by atoms with Gasteiger partial charge >= 0.3 is 0 Å². The highest BCUT2D eigenvalue weighted by Crippen LogP contribution is 2.22. The van der Waals surface area contributed by atoms with Crippen molar-refractivity contribution in [2.45, 2.75) is 10.6 Å². The first-order valence-corrected chi connectivity index (χ1v) is 11.6. The summed E-state index contributed by atoms with van der Waals surface area (Å²) in [5.74, 6) is 2.05. The fraction of sp³-hybridized carbons (Fsp3) is 0.190. The van der Waals surface area contributed by atoms with Crippen LogP contribution in [0.15, 0.2) is 82.3 Å². The number of hydrogen-bond acceptors (Lipinski definition) is 5. The minimum Gasteiger partial charge on any atom is -0.468 e. The lowest BCUT2D eigenvalue weighted by Gasteiger charge is -2.19. The van der Waals surface area contributed by atoms with Crippen LogP contribution in [0.3, 0.4) is 0 Å². The topological polar surface area (TPSA) is 79.6 Å². The number of nitrogens with one attached hydrogen (secondary N) is 1. The maximum absolute atomic E-state index is 12.9. The second kappa shape index (κ2) is 9.67. The van der Waals surface area contributed by atoms with E-state index in [2.05, 4.69) is 5.32 Å². The Labute approximate surface area is 175 Å². The molecule has 0 saturated heterocycles. The Morgan fingerprint density at radius 2 is 1.86 bits per heavy atom. The van der Waals surface area contributed by atoms with Gasteiger partial charge in [-0.05, 0) is 42.5 Å². The van der Waals surface area contributed by atoms with E-state index in [-0.39, 0.29) is 10.8 Å². The predicted molar refractivity (Wildman–Crippen MR) is 116 cm³/mol. The Balaban J connectivity index is 1.60. The van der Waals surface area contributed by atoms with Crippen LogP contribution in [0.25, 0.3) is 0 Å². The van der Waals surface area contributed by atoms with E-state index in [1.807, 2.05) is 18.2 Å². The number of benzene rings is 2. The van der Waals surface area contributed by atoms with E-state index in [0.29, 0.717) is 17.8 Å². The maximum atomic E-state index is 12.9. The molecule has 1 heterocycles. The lowest BCUT2D eigenvalue weighted by molar-refractivity contribution is 0.0956. The van der Waals surface area contributed by atoms with E-state index in [4.69, 9.17) is 4.42 Å². The Bertz CT molecular complexity index is 1040. The van der Waals surface area contributed by atoms with Gasteiger partial charge < -0.3 is 9.73 Å². The molecule has 0 saturated carbocycles. The van der Waals surface area contributed by atoms with E-state index in [1.54, 1.807) is 54.4 Å². The summed E-state index contributed by atoms with van der Waals surface area (Å²) in [5.41, 5.74) is 0.861. The molecule has 0 aliphatic heterocycles. The van der Waals surface area contributed by atoms with Crippen LogP contribution >= 0.6 is 11.8 Å². The zero-order valence-corrected chi connectivity index (χ0v) is 17.6. The number of furan rings is 1. The number of carbonyl (C=O) groups excluding carboxylic acids is 1. The molecule has 152 valence electrons. The highest BCUT2D eigenvalue weighted by Gasteiger charge is 2.22. The molecule has 29 heavy (non-hydrogen) atoms. The third kappa shape index (κ3) is 5.42. The molecule has 0 radical (unpaired) electrons. The van der Waals surface area contributed by atoms with Gasteiger partial charge in [-0.1, -0.05) is 24.3 Å². The molecule has 1 aromatic heterocycles. The molecule has 0 spiro atoms. The zero-order chi connectivity index (χ0) is 20.7. The minimum atomic E-state index is -3.76. The monoisotopic (exact) mass is 430 g/mol. The molecule has 0 unspecified atom stereocenters. The Hall–Kier alpha value is -2.71. The fourth-order valence-electron chi connectivity index (χ4n) is 2.64. The van der Waals surface area contributed by atoms with E-state index >= 15 is 0 Å². The molecule has 2 aromatic carbocycles. The summed E-state index contributed by atoms with van der Waals surface area (Å²) in [6.45, 7) is 0.477. The van der Waals surface area contributed by atoms with Crippen LogP contribution in [0.4, 0.5) is 5.69 Å². The van der Waals surface area contributed by atoms with Gasteiger partial charge in [0.15, 0.2) is 0 Å². The van der Waals surface area contributed by atoms with Crippen molar-refractivity contribution < 1.29 is 17.6 Å². The number of thioether (sulfide) groups is 1. The number of para-hydroxylation sites is 1. The van der Waals surface area contributed by atoms with Crippen molar-refractivity contribution in [2.75, 3.05) is 23.7 Å². The third-order valence-corrected chi connectivity index (χ3v) is 6.99. The molecule has 8 heteroatoms. The van der Waals surface area contributed by atoms with Crippen LogP contribution < -0.4 is 9.62 Å². The molecule has 1 amide bonds. The van der Waals surface area contributed by atoms with Gasteiger partial charge in [-0.2, -0.15) is 11.8 Å². The molecule has 6 nitrogen and oxygen atoms in total. The van der Waals surface area contributed by atoms with Gasteiger partial charge in [0.05, 0.1) is 22.6 Å². The second-order valence-corrected chi connectivity index (χ2v) is 9.30. The summed E-state index contributed by atoms with van der Waals surface area (Å²) < 4.78 is 32.3.